The van der Waals surface area contributed by atoms with E-state index < -0.39 is 11.6 Å². The molecule has 4 nitrogen and oxygen atoms in total. The van der Waals surface area contributed by atoms with Crippen molar-refractivity contribution >= 4 is 11.6 Å². The molecule has 1 aliphatic carbocycles. The van der Waals surface area contributed by atoms with Gasteiger partial charge in [-0.2, -0.15) is 0 Å². The third-order valence-electron chi connectivity index (χ3n) is 3.82. The molecular formula is C22H24O4. The van der Waals surface area contributed by atoms with Gasteiger partial charge in [-0.1, -0.05) is 0 Å². The number of hydrogen-bond acceptors (Lipinski definition) is 4. The Morgan fingerprint density at radius 1 is 0.577 bits per heavy atom. The van der Waals surface area contributed by atoms with Crippen LogP contribution in [0.4, 0.5) is 0 Å². The lowest BCUT2D eigenvalue weighted by molar-refractivity contribution is 0.0813. The minimum atomic E-state index is -0.514. The lowest BCUT2D eigenvalue weighted by Gasteiger charge is -2.25. The summed E-state index contributed by atoms with van der Waals surface area (Å²) in [5, 5.41) is 0. The van der Waals surface area contributed by atoms with Crippen LogP contribution < -0.4 is 9.47 Å². The number of hydrogen-bond donors (Lipinski definition) is 0. The molecule has 2 aromatic rings. The summed E-state index contributed by atoms with van der Waals surface area (Å²) in [7, 11) is 0. The summed E-state index contributed by atoms with van der Waals surface area (Å²) < 4.78 is 11.7. The van der Waals surface area contributed by atoms with Crippen molar-refractivity contribution in [3.63, 3.8) is 0 Å². The summed E-state index contributed by atoms with van der Waals surface area (Å²) >= 11 is 0. The van der Waals surface area contributed by atoms with E-state index in [4.69, 9.17) is 9.47 Å². The zero-order valence-corrected chi connectivity index (χ0v) is 16.1. The summed E-state index contributed by atoms with van der Waals surface area (Å²) in [6.07, 6.45) is 0. The van der Waals surface area contributed by atoms with E-state index in [1.165, 1.54) is 0 Å². The Bertz CT molecular complexity index is 820. The highest BCUT2D eigenvalue weighted by atomic mass is 16.5. The SMILES string of the molecule is CC(C)(C)Oc1ccc2c(c1)C(=O)C(=O)c1cc(OC(C)(C)C)ccc1-2. The standard InChI is InChI=1S/C22H24O4/c1-21(2,3)25-13-7-9-15-16-10-8-14(26-22(4,5)6)12-18(16)20(24)19(23)17(15)11-13/h7-12H,1-6H3. The van der Waals surface area contributed by atoms with Crippen molar-refractivity contribution in [2.75, 3.05) is 0 Å². The highest BCUT2D eigenvalue weighted by molar-refractivity contribution is 6.53. The normalized spacial score (nSPS) is 13.9. The molecule has 26 heavy (non-hydrogen) atoms. The van der Waals surface area contributed by atoms with Crippen molar-refractivity contribution in [2.24, 2.45) is 0 Å². The molecule has 0 unspecified atom stereocenters. The molecule has 136 valence electrons. The molecular weight excluding hydrogens is 328 g/mol. The Kier molecular flexibility index (Phi) is 4.18. The van der Waals surface area contributed by atoms with Gasteiger partial charge >= 0.3 is 0 Å². The molecule has 3 rings (SSSR count). The first-order valence-electron chi connectivity index (χ1n) is 8.70. The fourth-order valence-electron chi connectivity index (χ4n) is 2.97. The topological polar surface area (TPSA) is 52.6 Å². The minimum absolute atomic E-state index is 0.382. The molecule has 0 atom stereocenters. The molecule has 0 aliphatic heterocycles. The first-order valence-corrected chi connectivity index (χ1v) is 8.70. The number of carbonyl (C=O) groups is 2. The van der Waals surface area contributed by atoms with Crippen molar-refractivity contribution in [3.05, 3.63) is 47.5 Å². The van der Waals surface area contributed by atoms with Gasteiger partial charge in [-0.15, -0.1) is 0 Å². The van der Waals surface area contributed by atoms with Gasteiger partial charge in [0.2, 0.25) is 11.6 Å². The molecule has 0 bridgehead atoms. The number of ether oxygens (including phenoxy) is 2. The monoisotopic (exact) mass is 352 g/mol. The van der Waals surface area contributed by atoms with E-state index in [0.717, 1.165) is 11.1 Å². The minimum Gasteiger partial charge on any atom is -0.488 e. The van der Waals surface area contributed by atoms with E-state index in [0.29, 0.717) is 22.6 Å². The first-order chi connectivity index (χ1) is 11.9. The summed E-state index contributed by atoms with van der Waals surface area (Å²) in [6, 6.07) is 10.6. The molecule has 2 aromatic carbocycles. The lowest BCUT2D eigenvalue weighted by Crippen LogP contribution is -2.25. The molecule has 0 spiro atoms. The molecule has 0 heterocycles. The van der Waals surface area contributed by atoms with Crippen LogP contribution in [0.5, 0.6) is 11.5 Å². The Labute approximate surface area is 154 Å². The van der Waals surface area contributed by atoms with Crippen LogP contribution in [0, 0.1) is 0 Å². The van der Waals surface area contributed by atoms with Crippen LogP contribution in [0.3, 0.4) is 0 Å². The highest BCUT2D eigenvalue weighted by Crippen LogP contribution is 2.38. The second kappa shape index (κ2) is 5.97. The van der Waals surface area contributed by atoms with Gasteiger partial charge in [0.15, 0.2) is 0 Å². The van der Waals surface area contributed by atoms with Crippen molar-refractivity contribution < 1.29 is 19.1 Å². The summed E-state index contributed by atoms with van der Waals surface area (Å²) in [5.74, 6) is 0.126. The predicted molar refractivity (Wildman–Crippen MR) is 101 cm³/mol. The van der Waals surface area contributed by atoms with Crippen LogP contribution in [-0.4, -0.2) is 22.8 Å². The van der Waals surface area contributed by atoms with Gasteiger partial charge in [0, 0.05) is 11.1 Å². The number of ketones is 2. The number of rotatable bonds is 2. The maximum Gasteiger partial charge on any atom is 0.234 e. The summed E-state index contributed by atoms with van der Waals surface area (Å²) in [6.45, 7) is 11.6. The van der Waals surface area contributed by atoms with Crippen molar-refractivity contribution in [2.45, 2.75) is 52.7 Å². The van der Waals surface area contributed by atoms with Crippen molar-refractivity contribution in [1.29, 1.82) is 0 Å². The van der Waals surface area contributed by atoms with Gasteiger partial charge in [0.25, 0.3) is 0 Å². The van der Waals surface area contributed by atoms with Crippen molar-refractivity contribution in [3.8, 4) is 22.6 Å². The van der Waals surface area contributed by atoms with Gasteiger partial charge in [-0.25, -0.2) is 0 Å². The molecule has 4 heteroatoms. The smallest absolute Gasteiger partial charge is 0.234 e. The second-order valence-corrected chi connectivity index (χ2v) is 8.50. The maximum absolute atomic E-state index is 12.6. The van der Waals surface area contributed by atoms with Crippen LogP contribution in [0.2, 0.25) is 0 Å². The first kappa shape index (κ1) is 18.2. The van der Waals surface area contributed by atoms with Gasteiger partial charge < -0.3 is 9.47 Å². The Morgan fingerprint density at radius 2 is 0.923 bits per heavy atom. The molecule has 0 fully saturated rings. The Morgan fingerprint density at radius 3 is 1.23 bits per heavy atom. The molecule has 0 N–H and O–H groups in total. The fraction of sp³-hybridized carbons (Fsp3) is 0.364. The predicted octanol–water partition coefficient (Wildman–Crippen LogP) is 5.09. The van der Waals surface area contributed by atoms with E-state index in [1.807, 2.05) is 65.8 Å². The average Bonchev–Trinajstić information content (AvgIpc) is 2.49. The summed E-state index contributed by atoms with van der Waals surface area (Å²) in [5.41, 5.74) is 1.49. The zero-order valence-electron chi connectivity index (χ0n) is 16.1. The molecule has 1 aliphatic rings. The highest BCUT2D eigenvalue weighted by Gasteiger charge is 2.31. The van der Waals surface area contributed by atoms with E-state index >= 15 is 0 Å². The van der Waals surface area contributed by atoms with Gasteiger partial charge in [0.1, 0.15) is 22.7 Å². The van der Waals surface area contributed by atoms with Crippen LogP contribution in [0.25, 0.3) is 11.1 Å². The quantitative estimate of drug-likeness (QED) is 0.707. The molecule has 0 aromatic heterocycles. The third-order valence-corrected chi connectivity index (χ3v) is 3.82. The fourth-order valence-corrected chi connectivity index (χ4v) is 2.97. The Balaban J connectivity index is 2.07. The lowest BCUT2D eigenvalue weighted by atomic mass is 9.83. The van der Waals surface area contributed by atoms with Crippen LogP contribution >= 0.6 is 0 Å². The molecule has 0 saturated carbocycles. The van der Waals surface area contributed by atoms with Crippen molar-refractivity contribution in [1.82, 2.24) is 0 Å². The third kappa shape index (κ3) is 3.64. The second-order valence-electron chi connectivity index (χ2n) is 8.50. The van der Waals surface area contributed by atoms with E-state index in [-0.39, 0.29) is 11.2 Å². The Hall–Kier alpha value is -2.62. The number of carbonyl (C=O) groups excluding carboxylic acids is 2. The largest absolute Gasteiger partial charge is 0.488 e. The number of fused-ring (bicyclic) bond motifs is 3. The van der Waals surface area contributed by atoms with E-state index in [2.05, 4.69) is 0 Å². The van der Waals surface area contributed by atoms with Gasteiger partial charge in [-0.05, 0) is 89.1 Å². The maximum atomic E-state index is 12.6. The average molecular weight is 352 g/mol. The van der Waals surface area contributed by atoms with Crippen LogP contribution in [-0.2, 0) is 0 Å². The number of benzene rings is 2. The molecule has 0 amide bonds. The van der Waals surface area contributed by atoms with E-state index in [9.17, 15) is 9.59 Å². The molecule has 0 radical (unpaired) electrons. The zero-order chi connectivity index (χ0) is 19.3. The number of Topliss-reactive ketones (excluding diaryl/α,β-unsaturated/α-hetero) is 2. The van der Waals surface area contributed by atoms with E-state index in [1.54, 1.807) is 12.1 Å². The summed E-state index contributed by atoms with van der Waals surface area (Å²) in [4.78, 5) is 25.3. The molecule has 0 saturated heterocycles. The van der Waals surface area contributed by atoms with Gasteiger partial charge in [0.05, 0.1) is 0 Å². The van der Waals surface area contributed by atoms with Crippen LogP contribution in [0.15, 0.2) is 36.4 Å². The van der Waals surface area contributed by atoms with Crippen LogP contribution in [0.1, 0.15) is 62.3 Å². The van der Waals surface area contributed by atoms with Gasteiger partial charge in [-0.3, -0.25) is 9.59 Å².